The molecule has 0 saturated heterocycles. The fourth-order valence-electron chi connectivity index (χ4n) is 2.84. The maximum atomic E-state index is 12.2. The first-order valence-electron chi connectivity index (χ1n) is 10.4. The van der Waals surface area contributed by atoms with Gasteiger partial charge >= 0.3 is 5.97 Å². The summed E-state index contributed by atoms with van der Waals surface area (Å²) in [4.78, 5) is 46.5. The third-order valence-corrected chi connectivity index (χ3v) is 4.64. The lowest BCUT2D eigenvalue weighted by atomic mass is 10.1. The van der Waals surface area contributed by atoms with E-state index in [0.717, 1.165) is 5.56 Å². The Labute approximate surface area is 192 Å². The van der Waals surface area contributed by atoms with Crippen molar-refractivity contribution in [2.75, 3.05) is 32.7 Å². The topological polar surface area (TPSA) is 120 Å². The van der Waals surface area contributed by atoms with Gasteiger partial charge in [0.15, 0.2) is 17.3 Å². The lowest BCUT2D eigenvalue weighted by Crippen LogP contribution is -2.31. The van der Waals surface area contributed by atoms with E-state index in [4.69, 9.17) is 9.47 Å². The van der Waals surface area contributed by atoms with Crippen LogP contribution in [-0.4, -0.2) is 50.9 Å². The van der Waals surface area contributed by atoms with Crippen molar-refractivity contribution >= 4 is 29.3 Å². The van der Waals surface area contributed by atoms with Gasteiger partial charge in [0.25, 0.3) is 0 Å². The fourth-order valence-corrected chi connectivity index (χ4v) is 2.84. The molecule has 176 valence electrons. The number of methoxy groups -OCH3 is 2. The summed E-state index contributed by atoms with van der Waals surface area (Å²) >= 11 is 0. The molecule has 2 aromatic rings. The molecule has 33 heavy (non-hydrogen) atoms. The van der Waals surface area contributed by atoms with Gasteiger partial charge in [-0.05, 0) is 49.2 Å². The molecule has 2 N–H and O–H groups in total. The number of rotatable bonds is 12. The highest BCUT2D eigenvalue weighted by Crippen LogP contribution is 2.28. The van der Waals surface area contributed by atoms with Crippen LogP contribution < -0.4 is 20.1 Å². The zero-order valence-corrected chi connectivity index (χ0v) is 18.9. The number of amides is 2. The molecule has 0 aliphatic carbocycles. The average molecular weight is 456 g/mol. The second-order valence-electron chi connectivity index (χ2n) is 7.15. The molecule has 2 rings (SSSR count). The van der Waals surface area contributed by atoms with Crippen molar-refractivity contribution in [1.82, 2.24) is 5.32 Å². The molecule has 9 heteroatoms. The molecule has 0 bridgehead atoms. The molecule has 0 aliphatic heterocycles. The lowest BCUT2D eigenvalue weighted by Gasteiger charge is -2.11. The Morgan fingerprint density at radius 2 is 1.64 bits per heavy atom. The van der Waals surface area contributed by atoms with Gasteiger partial charge in [-0.1, -0.05) is 12.1 Å². The molecule has 0 heterocycles. The van der Waals surface area contributed by atoms with Gasteiger partial charge in [-0.25, -0.2) is 0 Å². The molecule has 2 aromatic carbocycles. The van der Waals surface area contributed by atoms with Gasteiger partial charge in [0.05, 0.1) is 27.2 Å². The SMILES string of the molecule is COC(=O)CNC(=O)Cc1ccc(NC(=O)CCCOc2ccc(C(C)=O)cc2OC)cc1. The first-order chi connectivity index (χ1) is 15.8. The van der Waals surface area contributed by atoms with E-state index < -0.39 is 5.97 Å². The van der Waals surface area contributed by atoms with E-state index in [9.17, 15) is 19.2 Å². The number of ketones is 1. The summed E-state index contributed by atoms with van der Waals surface area (Å²) < 4.78 is 15.4. The summed E-state index contributed by atoms with van der Waals surface area (Å²) in [6.45, 7) is 1.61. The van der Waals surface area contributed by atoms with Crippen molar-refractivity contribution in [3.05, 3.63) is 53.6 Å². The van der Waals surface area contributed by atoms with E-state index in [1.54, 1.807) is 42.5 Å². The van der Waals surface area contributed by atoms with Crippen LogP contribution in [0.3, 0.4) is 0 Å². The van der Waals surface area contributed by atoms with Crippen LogP contribution in [0.5, 0.6) is 11.5 Å². The second kappa shape index (κ2) is 12.8. The Bertz CT molecular complexity index is 987. The maximum Gasteiger partial charge on any atom is 0.325 e. The van der Waals surface area contributed by atoms with Crippen molar-refractivity contribution < 1.29 is 33.4 Å². The number of benzene rings is 2. The molecule has 0 saturated carbocycles. The number of hydrogen-bond donors (Lipinski definition) is 2. The van der Waals surface area contributed by atoms with Gasteiger partial charge < -0.3 is 24.8 Å². The number of esters is 1. The highest BCUT2D eigenvalue weighted by molar-refractivity contribution is 5.94. The lowest BCUT2D eigenvalue weighted by molar-refractivity contribution is -0.141. The van der Waals surface area contributed by atoms with Crippen LogP contribution in [-0.2, 0) is 25.5 Å². The average Bonchev–Trinajstić information content (AvgIpc) is 2.81. The van der Waals surface area contributed by atoms with E-state index in [-0.39, 0.29) is 37.0 Å². The maximum absolute atomic E-state index is 12.2. The predicted octanol–water partition coefficient (Wildman–Crippen LogP) is 2.53. The number of carbonyl (C=O) groups is 4. The first kappa shape index (κ1) is 25.4. The van der Waals surface area contributed by atoms with Crippen LogP contribution >= 0.6 is 0 Å². The first-order valence-corrected chi connectivity index (χ1v) is 10.4. The van der Waals surface area contributed by atoms with E-state index >= 15 is 0 Å². The fraction of sp³-hybridized carbons (Fsp3) is 0.333. The molecule has 0 unspecified atom stereocenters. The standard InChI is InChI=1S/C24H28N2O7/c1-16(27)18-8-11-20(21(14-18)31-2)33-12-4-5-22(28)26-19-9-6-17(7-10-19)13-23(29)25-15-24(30)32-3/h6-11,14H,4-5,12-13,15H2,1-3H3,(H,25,29)(H,26,28). The zero-order chi connectivity index (χ0) is 24.2. The number of ether oxygens (including phenoxy) is 3. The summed E-state index contributed by atoms with van der Waals surface area (Å²) in [6, 6.07) is 11.8. The normalized spacial score (nSPS) is 10.2. The number of carbonyl (C=O) groups excluding carboxylic acids is 4. The number of hydrogen-bond acceptors (Lipinski definition) is 7. The molecule has 9 nitrogen and oxygen atoms in total. The number of nitrogens with one attached hydrogen (secondary N) is 2. The number of anilines is 1. The molecule has 2 amide bonds. The van der Waals surface area contributed by atoms with Gasteiger partial charge in [0.2, 0.25) is 11.8 Å². The van der Waals surface area contributed by atoms with E-state index in [1.807, 2.05) is 0 Å². The molecule has 0 radical (unpaired) electrons. The monoisotopic (exact) mass is 456 g/mol. The second-order valence-corrected chi connectivity index (χ2v) is 7.15. The highest BCUT2D eigenvalue weighted by Gasteiger charge is 2.10. The van der Waals surface area contributed by atoms with Gasteiger partial charge in [0.1, 0.15) is 6.54 Å². The van der Waals surface area contributed by atoms with Crippen LogP contribution in [0.15, 0.2) is 42.5 Å². The quantitative estimate of drug-likeness (QED) is 0.286. The van der Waals surface area contributed by atoms with Crippen LogP contribution in [0.25, 0.3) is 0 Å². The van der Waals surface area contributed by atoms with Crippen molar-refractivity contribution in [1.29, 1.82) is 0 Å². The molecular weight excluding hydrogens is 428 g/mol. The van der Waals surface area contributed by atoms with Crippen LogP contribution in [0.1, 0.15) is 35.7 Å². The van der Waals surface area contributed by atoms with Crippen molar-refractivity contribution in [2.45, 2.75) is 26.2 Å². The van der Waals surface area contributed by atoms with Crippen molar-refractivity contribution in [3.63, 3.8) is 0 Å². The third-order valence-electron chi connectivity index (χ3n) is 4.64. The van der Waals surface area contributed by atoms with Crippen molar-refractivity contribution in [2.24, 2.45) is 0 Å². The minimum Gasteiger partial charge on any atom is -0.493 e. The highest BCUT2D eigenvalue weighted by atomic mass is 16.5. The summed E-state index contributed by atoms with van der Waals surface area (Å²) in [6.07, 6.45) is 0.854. The Balaban J connectivity index is 1.74. The largest absolute Gasteiger partial charge is 0.493 e. The van der Waals surface area contributed by atoms with Crippen molar-refractivity contribution in [3.8, 4) is 11.5 Å². The van der Waals surface area contributed by atoms with Crippen LogP contribution in [0.2, 0.25) is 0 Å². The van der Waals surface area contributed by atoms with E-state index in [0.29, 0.717) is 35.8 Å². The number of Topliss-reactive ketones (excluding diaryl/α,β-unsaturated/α-hetero) is 1. The predicted molar refractivity (Wildman–Crippen MR) is 122 cm³/mol. The molecule has 0 atom stereocenters. The summed E-state index contributed by atoms with van der Waals surface area (Å²) in [7, 11) is 2.75. The van der Waals surface area contributed by atoms with Gasteiger partial charge in [-0.2, -0.15) is 0 Å². The summed E-state index contributed by atoms with van der Waals surface area (Å²) in [5.74, 6) is -0.0747. The Morgan fingerprint density at radius 3 is 2.27 bits per heavy atom. The van der Waals surface area contributed by atoms with Gasteiger partial charge in [-0.15, -0.1) is 0 Å². The van der Waals surface area contributed by atoms with Gasteiger partial charge in [-0.3, -0.25) is 19.2 Å². The third kappa shape index (κ3) is 8.64. The van der Waals surface area contributed by atoms with E-state index in [2.05, 4.69) is 15.4 Å². The molecule has 0 aromatic heterocycles. The Morgan fingerprint density at radius 1 is 0.909 bits per heavy atom. The van der Waals surface area contributed by atoms with E-state index in [1.165, 1.54) is 21.1 Å². The molecule has 0 fully saturated rings. The Hall–Kier alpha value is -3.88. The van der Waals surface area contributed by atoms with Crippen LogP contribution in [0, 0.1) is 0 Å². The molecule has 0 aliphatic rings. The zero-order valence-electron chi connectivity index (χ0n) is 18.9. The Kier molecular flexibility index (Phi) is 9.88. The molecule has 0 spiro atoms. The molecular formula is C24H28N2O7. The minimum absolute atomic E-state index is 0.0635. The summed E-state index contributed by atoms with van der Waals surface area (Å²) in [5.41, 5.74) is 1.89. The van der Waals surface area contributed by atoms with Gasteiger partial charge in [0, 0.05) is 17.7 Å². The smallest absolute Gasteiger partial charge is 0.325 e. The minimum atomic E-state index is -0.517. The summed E-state index contributed by atoms with van der Waals surface area (Å²) in [5, 5.41) is 5.26. The van der Waals surface area contributed by atoms with Crippen LogP contribution in [0.4, 0.5) is 5.69 Å².